The maximum atomic E-state index is 13.4. The lowest BCUT2D eigenvalue weighted by molar-refractivity contribution is 0.0924. The third-order valence-corrected chi connectivity index (χ3v) is 3.24. The third kappa shape index (κ3) is 2.47. The normalized spacial score (nSPS) is 16.9. The molecule has 0 saturated heterocycles. The monoisotopic (exact) mass is 272 g/mol. The summed E-state index contributed by atoms with van der Waals surface area (Å²) in [5, 5.41) is 2.89. The van der Waals surface area contributed by atoms with Crippen molar-refractivity contribution in [2.45, 2.75) is 12.5 Å². The zero-order valence-electron chi connectivity index (χ0n) is 10.7. The lowest BCUT2D eigenvalue weighted by Crippen LogP contribution is -2.32. The average molecular weight is 272 g/mol. The molecule has 1 aromatic carbocycles. The first-order chi connectivity index (χ1) is 9.74. The number of carbonyl (C=O) groups is 1. The van der Waals surface area contributed by atoms with Crippen molar-refractivity contribution in [1.82, 2.24) is 10.3 Å². The Balaban J connectivity index is 1.83. The van der Waals surface area contributed by atoms with Crippen molar-refractivity contribution in [3.8, 4) is 5.75 Å². The maximum absolute atomic E-state index is 13.4. The molecule has 0 aliphatic carbocycles. The largest absolute Gasteiger partial charge is 0.493 e. The summed E-state index contributed by atoms with van der Waals surface area (Å²) in [7, 11) is 0. The highest BCUT2D eigenvalue weighted by Crippen LogP contribution is 2.32. The number of ether oxygens (including phenoxy) is 1. The first-order valence-electron chi connectivity index (χ1n) is 6.37. The number of aromatic nitrogens is 1. The van der Waals surface area contributed by atoms with Gasteiger partial charge in [0.15, 0.2) is 0 Å². The van der Waals surface area contributed by atoms with Crippen LogP contribution in [-0.4, -0.2) is 17.5 Å². The molecule has 0 saturated carbocycles. The molecule has 0 fully saturated rings. The van der Waals surface area contributed by atoms with Crippen LogP contribution in [0.25, 0.3) is 0 Å². The van der Waals surface area contributed by atoms with Crippen molar-refractivity contribution >= 4 is 5.91 Å². The summed E-state index contributed by atoms with van der Waals surface area (Å²) in [5.41, 5.74) is 1.16. The van der Waals surface area contributed by atoms with E-state index >= 15 is 0 Å². The molecule has 102 valence electrons. The van der Waals surface area contributed by atoms with Crippen molar-refractivity contribution in [2.75, 3.05) is 6.61 Å². The maximum Gasteiger partial charge on any atom is 0.253 e. The first-order valence-corrected chi connectivity index (χ1v) is 6.37. The first kappa shape index (κ1) is 12.6. The SMILES string of the molecule is O=C(NC1CCOc2ccc(F)cc21)c1cccnc1. The van der Waals surface area contributed by atoms with Crippen LogP contribution in [0.15, 0.2) is 42.7 Å². The van der Waals surface area contributed by atoms with Gasteiger partial charge < -0.3 is 10.1 Å². The second-order valence-electron chi connectivity index (χ2n) is 4.59. The van der Waals surface area contributed by atoms with Gasteiger partial charge in [-0.3, -0.25) is 9.78 Å². The Kier molecular flexibility index (Phi) is 3.33. The molecule has 1 N–H and O–H groups in total. The summed E-state index contributed by atoms with van der Waals surface area (Å²) in [6, 6.07) is 7.49. The topological polar surface area (TPSA) is 51.2 Å². The van der Waals surface area contributed by atoms with E-state index in [2.05, 4.69) is 10.3 Å². The summed E-state index contributed by atoms with van der Waals surface area (Å²) in [4.78, 5) is 16.0. The summed E-state index contributed by atoms with van der Waals surface area (Å²) < 4.78 is 18.8. The van der Waals surface area contributed by atoms with Crippen LogP contribution in [0, 0.1) is 5.82 Å². The lowest BCUT2D eigenvalue weighted by Gasteiger charge is -2.26. The molecule has 20 heavy (non-hydrogen) atoms. The van der Waals surface area contributed by atoms with Gasteiger partial charge in [-0.1, -0.05) is 0 Å². The molecule has 1 aromatic heterocycles. The number of fused-ring (bicyclic) bond motifs is 1. The van der Waals surface area contributed by atoms with Crippen LogP contribution >= 0.6 is 0 Å². The van der Waals surface area contributed by atoms with E-state index in [4.69, 9.17) is 4.74 Å². The van der Waals surface area contributed by atoms with Crippen LogP contribution < -0.4 is 10.1 Å². The Labute approximate surface area is 115 Å². The van der Waals surface area contributed by atoms with Gasteiger partial charge in [-0.25, -0.2) is 4.39 Å². The fourth-order valence-electron chi connectivity index (χ4n) is 2.25. The van der Waals surface area contributed by atoms with Crippen molar-refractivity contribution < 1.29 is 13.9 Å². The molecule has 4 nitrogen and oxygen atoms in total. The molecule has 2 heterocycles. The number of pyridine rings is 1. The Morgan fingerprint density at radius 1 is 1.40 bits per heavy atom. The molecule has 0 bridgehead atoms. The summed E-state index contributed by atoms with van der Waals surface area (Å²) in [6.45, 7) is 0.497. The van der Waals surface area contributed by atoms with E-state index in [1.807, 2.05) is 0 Å². The van der Waals surface area contributed by atoms with Gasteiger partial charge in [0.2, 0.25) is 0 Å². The van der Waals surface area contributed by atoms with Crippen LogP contribution in [0.3, 0.4) is 0 Å². The van der Waals surface area contributed by atoms with Crippen LogP contribution in [-0.2, 0) is 0 Å². The molecule has 3 rings (SSSR count). The molecule has 1 unspecified atom stereocenters. The zero-order chi connectivity index (χ0) is 13.9. The van der Waals surface area contributed by atoms with Gasteiger partial charge in [-0.05, 0) is 30.3 Å². The molecular formula is C15H13FN2O2. The number of amides is 1. The van der Waals surface area contributed by atoms with Gasteiger partial charge in [0.05, 0.1) is 18.2 Å². The minimum Gasteiger partial charge on any atom is -0.493 e. The van der Waals surface area contributed by atoms with E-state index in [0.717, 1.165) is 0 Å². The summed E-state index contributed by atoms with van der Waals surface area (Å²) in [6.07, 6.45) is 3.72. The van der Waals surface area contributed by atoms with Crippen molar-refractivity contribution in [2.24, 2.45) is 0 Å². The molecule has 1 aliphatic rings. The zero-order valence-corrected chi connectivity index (χ0v) is 10.7. The van der Waals surface area contributed by atoms with Gasteiger partial charge in [0.1, 0.15) is 11.6 Å². The smallest absolute Gasteiger partial charge is 0.253 e. The Hall–Kier alpha value is -2.43. The molecule has 1 aliphatic heterocycles. The van der Waals surface area contributed by atoms with Crippen LogP contribution in [0.5, 0.6) is 5.75 Å². The fraction of sp³-hybridized carbons (Fsp3) is 0.200. The standard InChI is InChI=1S/C15H13FN2O2/c16-11-3-4-14-12(8-11)13(5-7-20-14)18-15(19)10-2-1-6-17-9-10/h1-4,6,8-9,13H,5,7H2,(H,18,19). The second kappa shape index (κ2) is 5.28. The number of nitrogens with one attached hydrogen (secondary N) is 1. The highest BCUT2D eigenvalue weighted by Gasteiger charge is 2.24. The number of benzene rings is 1. The number of nitrogens with zero attached hydrogens (tertiary/aromatic N) is 1. The van der Waals surface area contributed by atoms with E-state index in [0.29, 0.717) is 29.9 Å². The summed E-state index contributed by atoms with van der Waals surface area (Å²) in [5.74, 6) is 0.0595. The predicted molar refractivity (Wildman–Crippen MR) is 71.0 cm³/mol. The Morgan fingerprint density at radius 2 is 2.30 bits per heavy atom. The highest BCUT2D eigenvalue weighted by molar-refractivity contribution is 5.94. The number of hydrogen-bond donors (Lipinski definition) is 1. The Morgan fingerprint density at radius 3 is 3.10 bits per heavy atom. The molecule has 1 atom stereocenters. The molecule has 0 spiro atoms. The van der Waals surface area contributed by atoms with E-state index in [1.165, 1.54) is 18.3 Å². The highest BCUT2D eigenvalue weighted by atomic mass is 19.1. The van der Waals surface area contributed by atoms with Crippen molar-refractivity contribution in [3.63, 3.8) is 0 Å². The minimum absolute atomic E-state index is 0.222. The van der Waals surface area contributed by atoms with Crippen LogP contribution in [0.2, 0.25) is 0 Å². The Bertz CT molecular complexity index is 631. The van der Waals surface area contributed by atoms with Crippen LogP contribution in [0.4, 0.5) is 4.39 Å². The molecule has 0 radical (unpaired) electrons. The number of hydrogen-bond acceptors (Lipinski definition) is 3. The second-order valence-corrected chi connectivity index (χ2v) is 4.59. The van der Waals surface area contributed by atoms with Gasteiger partial charge in [0.25, 0.3) is 5.91 Å². The van der Waals surface area contributed by atoms with Crippen molar-refractivity contribution in [1.29, 1.82) is 0 Å². The van der Waals surface area contributed by atoms with E-state index in [1.54, 1.807) is 24.4 Å². The van der Waals surface area contributed by atoms with Gasteiger partial charge in [-0.2, -0.15) is 0 Å². The predicted octanol–water partition coefficient (Wildman–Crippen LogP) is 2.47. The number of rotatable bonds is 2. The molecule has 1 amide bonds. The van der Waals surface area contributed by atoms with Gasteiger partial charge in [0, 0.05) is 24.4 Å². The number of halogens is 1. The van der Waals surface area contributed by atoms with Gasteiger partial charge in [-0.15, -0.1) is 0 Å². The van der Waals surface area contributed by atoms with E-state index in [-0.39, 0.29) is 17.8 Å². The lowest BCUT2D eigenvalue weighted by atomic mass is 10.00. The quantitative estimate of drug-likeness (QED) is 0.913. The van der Waals surface area contributed by atoms with E-state index in [9.17, 15) is 9.18 Å². The number of carbonyl (C=O) groups excluding carboxylic acids is 1. The minimum atomic E-state index is -0.338. The summed E-state index contributed by atoms with van der Waals surface area (Å²) >= 11 is 0. The van der Waals surface area contributed by atoms with E-state index < -0.39 is 0 Å². The molecule has 2 aromatic rings. The van der Waals surface area contributed by atoms with Crippen LogP contribution in [0.1, 0.15) is 28.4 Å². The molecular weight excluding hydrogens is 259 g/mol. The average Bonchev–Trinajstić information content (AvgIpc) is 2.49. The fourth-order valence-corrected chi connectivity index (χ4v) is 2.25. The van der Waals surface area contributed by atoms with Crippen molar-refractivity contribution in [3.05, 3.63) is 59.7 Å². The third-order valence-electron chi connectivity index (χ3n) is 3.24. The molecule has 5 heteroatoms. The van der Waals surface area contributed by atoms with Gasteiger partial charge >= 0.3 is 0 Å².